The Kier molecular flexibility index (Phi) is 3.27. The lowest BCUT2D eigenvalue weighted by Gasteiger charge is -2.37. The normalized spacial score (nSPS) is 29.9. The lowest BCUT2D eigenvalue weighted by molar-refractivity contribution is 0.137. The smallest absolute Gasteiger partial charge is 0.0705 e. The average Bonchev–Trinajstić information content (AvgIpc) is 2.70. The van der Waals surface area contributed by atoms with E-state index in [1.54, 1.807) is 0 Å². The van der Waals surface area contributed by atoms with Crippen LogP contribution in [0, 0.1) is 0 Å². The molecule has 0 N–H and O–H groups in total. The molecule has 1 aromatic carbocycles. The molecule has 0 amide bonds. The molecule has 2 nitrogen and oxygen atoms in total. The molecular weight excluding hydrogens is 312 g/mol. The fraction of sp³-hybridized carbons (Fsp3) is 0.471. The summed E-state index contributed by atoms with van der Waals surface area (Å²) < 4.78 is 0. The second-order valence-electron chi connectivity index (χ2n) is 6.11. The number of halogens is 1. The Hall–Kier alpha value is -0.930. The van der Waals surface area contributed by atoms with E-state index in [2.05, 4.69) is 56.1 Å². The van der Waals surface area contributed by atoms with Gasteiger partial charge in [-0.25, -0.2) is 0 Å². The number of hydrogen-bond donors (Lipinski definition) is 0. The summed E-state index contributed by atoms with van der Waals surface area (Å²) in [6, 6.07) is 12.2. The molecule has 1 aromatic heterocycles. The van der Waals surface area contributed by atoms with Crippen molar-refractivity contribution in [1.29, 1.82) is 0 Å². The molecule has 2 aliphatic rings. The zero-order chi connectivity index (χ0) is 13.5. The zero-order valence-electron chi connectivity index (χ0n) is 11.5. The summed E-state index contributed by atoms with van der Waals surface area (Å²) in [4.78, 5) is 7.94. The first-order valence-electron chi connectivity index (χ1n) is 7.54. The van der Waals surface area contributed by atoms with Gasteiger partial charge in [-0.3, -0.25) is 9.88 Å². The van der Waals surface area contributed by atoms with Crippen LogP contribution in [0.4, 0.5) is 0 Å². The van der Waals surface area contributed by atoms with Crippen molar-refractivity contribution in [3.8, 4) is 0 Å². The van der Waals surface area contributed by atoms with Gasteiger partial charge in [-0.05, 0) is 43.4 Å². The van der Waals surface area contributed by atoms with E-state index in [9.17, 15) is 0 Å². The van der Waals surface area contributed by atoms with Gasteiger partial charge >= 0.3 is 0 Å². The number of fused-ring (bicyclic) bond motifs is 3. The van der Waals surface area contributed by atoms with Crippen molar-refractivity contribution in [3.05, 3.63) is 42.1 Å². The van der Waals surface area contributed by atoms with Crippen molar-refractivity contribution >= 4 is 26.8 Å². The van der Waals surface area contributed by atoms with Crippen LogP contribution in [0.1, 0.15) is 31.2 Å². The van der Waals surface area contributed by atoms with Gasteiger partial charge in [0, 0.05) is 35.0 Å². The minimum atomic E-state index is 0.727. The molecule has 0 radical (unpaired) electrons. The average molecular weight is 331 g/mol. The summed E-state index contributed by atoms with van der Waals surface area (Å²) in [7, 11) is 0. The predicted octanol–water partition coefficient (Wildman–Crippen LogP) is 4.13. The Morgan fingerprint density at radius 1 is 1.10 bits per heavy atom. The van der Waals surface area contributed by atoms with E-state index in [1.807, 2.05) is 6.20 Å². The van der Waals surface area contributed by atoms with Crippen LogP contribution >= 0.6 is 15.9 Å². The van der Waals surface area contributed by atoms with E-state index < -0.39 is 0 Å². The summed E-state index contributed by atoms with van der Waals surface area (Å²) in [5.74, 6) is 0. The number of para-hydroxylation sites is 1. The molecule has 0 aliphatic carbocycles. The second kappa shape index (κ2) is 5.12. The van der Waals surface area contributed by atoms with E-state index in [0.29, 0.717) is 0 Å². The molecule has 2 unspecified atom stereocenters. The lowest BCUT2D eigenvalue weighted by Crippen LogP contribution is -2.42. The quantitative estimate of drug-likeness (QED) is 0.770. The van der Waals surface area contributed by atoms with Gasteiger partial charge in [0.2, 0.25) is 0 Å². The molecule has 3 heterocycles. The monoisotopic (exact) mass is 330 g/mol. The highest BCUT2D eigenvalue weighted by Gasteiger charge is 2.39. The number of aromatic nitrogens is 1. The molecular formula is C17H19BrN2. The molecule has 2 aliphatic heterocycles. The van der Waals surface area contributed by atoms with Crippen molar-refractivity contribution in [1.82, 2.24) is 9.88 Å². The van der Waals surface area contributed by atoms with Crippen molar-refractivity contribution < 1.29 is 0 Å². The van der Waals surface area contributed by atoms with Crippen LogP contribution in [0.25, 0.3) is 10.9 Å². The van der Waals surface area contributed by atoms with Crippen LogP contribution in [0.15, 0.2) is 36.5 Å². The van der Waals surface area contributed by atoms with E-state index in [4.69, 9.17) is 0 Å². The van der Waals surface area contributed by atoms with Gasteiger partial charge < -0.3 is 0 Å². The van der Waals surface area contributed by atoms with Crippen LogP contribution in [0.5, 0.6) is 0 Å². The third-order valence-corrected chi connectivity index (χ3v) is 5.67. The van der Waals surface area contributed by atoms with Crippen molar-refractivity contribution in [2.45, 2.75) is 49.1 Å². The molecule has 2 aromatic rings. The van der Waals surface area contributed by atoms with Gasteiger partial charge in [0.15, 0.2) is 0 Å². The fourth-order valence-corrected chi connectivity index (χ4v) is 4.82. The van der Waals surface area contributed by atoms with Gasteiger partial charge in [0.05, 0.1) is 5.52 Å². The van der Waals surface area contributed by atoms with E-state index in [1.165, 1.54) is 36.6 Å². The summed E-state index contributed by atoms with van der Waals surface area (Å²) in [6.45, 7) is 1.08. The van der Waals surface area contributed by atoms with E-state index in [0.717, 1.165) is 29.0 Å². The number of pyridine rings is 1. The van der Waals surface area contributed by atoms with Crippen LogP contribution in [-0.4, -0.2) is 26.8 Å². The molecule has 2 saturated heterocycles. The number of benzene rings is 1. The van der Waals surface area contributed by atoms with Crippen molar-refractivity contribution in [2.24, 2.45) is 0 Å². The zero-order valence-corrected chi connectivity index (χ0v) is 13.1. The topological polar surface area (TPSA) is 16.1 Å². The van der Waals surface area contributed by atoms with Crippen molar-refractivity contribution in [3.63, 3.8) is 0 Å². The minimum Gasteiger partial charge on any atom is -0.293 e. The van der Waals surface area contributed by atoms with Gasteiger partial charge in [-0.1, -0.05) is 34.1 Å². The first-order valence-corrected chi connectivity index (χ1v) is 8.45. The molecule has 2 atom stereocenters. The van der Waals surface area contributed by atoms with Crippen LogP contribution in [-0.2, 0) is 6.54 Å². The van der Waals surface area contributed by atoms with Crippen LogP contribution < -0.4 is 0 Å². The number of nitrogens with zero attached hydrogens (tertiary/aromatic N) is 2. The standard InChI is InChI=1S/C17H19BrN2/c18-13-9-14-5-6-15(10-13)20(14)11-12-7-8-19-17-4-2-1-3-16(12)17/h1-4,7-8,13-15H,5-6,9-11H2. The maximum Gasteiger partial charge on any atom is 0.0705 e. The first kappa shape index (κ1) is 12.8. The largest absolute Gasteiger partial charge is 0.293 e. The first-order chi connectivity index (χ1) is 9.81. The van der Waals surface area contributed by atoms with Gasteiger partial charge in [-0.15, -0.1) is 0 Å². The van der Waals surface area contributed by atoms with Gasteiger partial charge in [0.1, 0.15) is 0 Å². The van der Waals surface area contributed by atoms with E-state index >= 15 is 0 Å². The van der Waals surface area contributed by atoms with Crippen LogP contribution in [0.3, 0.4) is 0 Å². The van der Waals surface area contributed by atoms with Crippen LogP contribution in [0.2, 0.25) is 0 Å². The Morgan fingerprint density at radius 2 is 1.85 bits per heavy atom. The van der Waals surface area contributed by atoms with Crippen molar-refractivity contribution in [2.75, 3.05) is 0 Å². The Balaban J connectivity index is 1.65. The second-order valence-corrected chi connectivity index (χ2v) is 7.41. The Labute approximate surface area is 128 Å². The predicted molar refractivity (Wildman–Crippen MR) is 86.0 cm³/mol. The molecule has 104 valence electrons. The number of piperidine rings is 1. The molecule has 2 bridgehead atoms. The number of rotatable bonds is 2. The van der Waals surface area contributed by atoms with E-state index in [-0.39, 0.29) is 0 Å². The number of hydrogen-bond acceptors (Lipinski definition) is 2. The fourth-order valence-electron chi connectivity index (χ4n) is 3.96. The lowest BCUT2D eigenvalue weighted by atomic mass is 10.0. The molecule has 0 saturated carbocycles. The minimum absolute atomic E-state index is 0.727. The molecule has 20 heavy (non-hydrogen) atoms. The summed E-state index contributed by atoms with van der Waals surface area (Å²) in [5, 5.41) is 1.32. The highest BCUT2D eigenvalue weighted by molar-refractivity contribution is 9.09. The third kappa shape index (κ3) is 2.17. The molecule has 2 fully saturated rings. The third-order valence-electron chi connectivity index (χ3n) is 4.92. The highest BCUT2D eigenvalue weighted by atomic mass is 79.9. The maximum atomic E-state index is 4.47. The summed E-state index contributed by atoms with van der Waals surface area (Å²) in [5.41, 5.74) is 2.55. The SMILES string of the molecule is BrC1CC2CCC(C1)N2Cc1ccnc2ccccc12. The molecule has 0 spiro atoms. The van der Waals surface area contributed by atoms with Gasteiger partial charge in [0.25, 0.3) is 0 Å². The van der Waals surface area contributed by atoms with Gasteiger partial charge in [-0.2, -0.15) is 0 Å². The summed E-state index contributed by atoms with van der Waals surface area (Å²) in [6.07, 6.45) is 7.31. The Morgan fingerprint density at radius 3 is 2.65 bits per heavy atom. The highest BCUT2D eigenvalue weighted by Crippen LogP contribution is 2.39. The molecule has 3 heteroatoms. The Bertz CT molecular complexity index is 608. The number of alkyl halides is 1. The maximum absolute atomic E-state index is 4.47. The molecule has 4 rings (SSSR count). The summed E-state index contributed by atoms with van der Waals surface area (Å²) >= 11 is 3.83.